The quantitative estimate of drug-likeness (QED) is 0.923. The van der Waals surface area contributed by atoms with Gasteiger partial charge in [-0.2, -0.15) is 0 Å². The van der Waals surface area contributed by atoms with Crippen LogP contribution in [0.5, 0.6) is 0 Å². The van der Waals surface area contributed by atoms with E-state index in [-0.39, 0.29) is 23.1 Å². The number of nitrogens with zero attached hydrogens (tertiary/aromatic N) is 2. The summed E-state index contributed by atoms with van der Waals surface area (Å²) in [5.74, 6) is 0.195. The minimum Gasteiger partial charge on any atom is -0.352 e. The van der Waals surface area contributed by atoms with Crippen LogP contribution in [0.25, 0.3) is 0 Å². The van der Waals surface area contributed by atoms with Crippen LogP contribution in [-0.2, 0) is 11.3 Å². The Morgan fingerprint density at radius 3 is 2.96 bits per heavy atom. The van der Waals surface area contributed by atoms with Gasteiger partial charge in [0.25, 0.3) is 5.91 Å². The highest BCUT2D eigenvalue weighted by Gasteiger charge is 2.61. The van der Waals surface area contributed by atoms with E-state index < -0.39 is 0 Å². The molecule has 1 spiro atoms. The number of carbonyl (C=O) groups is 2. The van der Waals surface area contributed by atoms with Crippen molar-refractivity contribution in [3.05, 3.63) is 65.5 Å². The molecule has 2 fully saturated rings. The number of aromatic nitrogens is 1. The number of aryl methyl sites for hydroxylation is 1. The third kappa shape index (κ3) is 3.21. The second kappa shape index (κ2) is 6.56. The molecule has 1 aromatic carbocycles. The van der Waals surface area contributed by atoms with Crippen LogP contribution in [-0.4, -0.2) is 34.8 Å². The molecule has 1 saturated carbocycles. The van der Waals surface area contributed by atoms with Crippen LogP contribution in [0.4, 0.5) is 0 Å². The summed E-state index contributed by atoms with van der Waals surface area (Å²) in [7, 11) is 0. The molecule has 5 nitrogen and oxygen atoms in total. The van der Waals surface area contributed by atoms with Crippen molar-refractivity contribution >= 4 is 11.8 Å². The van der Waals surface area contributed by atoms with Gasteiger partial charge in [-0.15, -0.1) is 0 Å². The predicted molar refractivity (Wildman–Crippen MR) is 98.3 cm³/mol. The molecule has 2 atom stereocenters. The van der Waals surface area contributed by atoms with Crippen LogP contribution in [0.3, 0.4) is 0 Å². The second-order valence-electron chi connectivity index (χ2n) is 7.54. The van der Waals surface area contributed by atoms with Gasteiger partial charge in [0.2, 0.25) is 5.91 Å². The standard InChI is InChI=1S/C21H23N3O2/c1-15-4-2-6-17(10-15)20(26)24-9-7-21(14-24)11-18(21)19(25)23-13-16-5-3-8-22-12-16/h2-6,8,10,12,18H,7,9,11,13-14H2,1H3,(H,23,25)/t18-,21-/m1/s1. The molecule has 0 bridgehead atoms. The van der Waals surface area contributed by atoms with Crippen molar-refractivity contribution < 1.29 is 9.59 Å². The molecule has 5 heteroatoms. The number of hydrogen-bond donors (Lipinski definition) is 1. The number of hydrogen-bond acceptors (Lipinski definition) is 3. The van der Waals surface area contributed by atoms with Gasteiger partial charge in [0, 0.05) is 48.9 Å². The fourth-order valence-corrected chi connectivity index (χ4v) is 4.01. The third-order valence-corrected chi connectivity index (χ3v) is 5.63. The van der Waals surface area contributed by atoms with Crippen LogP contribution in [0, 0.1) is 18.3 Å². The van der Waals surface area contributed by atoms with Crippen molar-refractivity contribution in [3.8, 4) is 0 Å². The average Bonchev–Trinajstić information content (AvgIpc) is 3.20. The molecular formula is C21H23N3O2. The molecule has 2 aromatic rings. The zero-order chi connectivity index (χ0) is 18.1. The summed E-state index contributed by atoms with van der Waals surface area (Å²) >= 11 is 0. The summed E-state index contributed by atoms with van der Waals surface area (Å²) in [6.45, 7) is 3.92. The molecule has 134 valence electrons. The highest BCUT2D eigenvalue weighted by Crippen LogP contribution is 2.58. The zero-order valence-electron chi connectivity index (χ0n) is 14.9. The van der Waals surface area contributed by atoms with E-state index in [4.69, 9.17) is 0 Å². The lowest BCUT2D eigenvalue weighted by Crippen LogP contribution is -2.31. The maximum atomic E-state index is 12.7. The van der Waals surface area contributed by atoms with Gasteiger partial charge in [0.1, 0.15) is 0 Å². The van der Waals surface area contributed by atoms with Crippen LogP contribution in [0.1, 0.15) is 34.3 Å². The van der Waals surface area contributed by atoms with E-state index in [1.807, 2.05) is 48.2 Å². The van der Waals surface area contributed by atoms with Gasteiger partial charge in [0.15, 0.2) is 0 Å². The van der Waals surface area contributed by atoms with Gasteiger partial charge in [-0.3, -0.25) is 14.6 Å². The molecule has 1 aliphatic carbocycles. The first kappa shape index (κ1) is 16.8. The molecule has 4 rings (SSSR count). The van der Waals surface area contributed by atoms with Crippen LogP contribution in [0.15, 0.2) is 48.8 Å². The number of likely N-dealkylation sites (tertiary alicyclic amines) is 1. The minimum absolute atomic E-state index is 0.0154. The van der Waals surface area contributed by atoms with Crippen LogP contribution in [0.2, 0.25) is 0 Å². The molecule has 2 heterocycles. The molecule has 0 unspecified atom stereocenters. The first-order valence-corrected chi connectivity index (χ1v) is 9.10. The summed E-state index contributed by atoms with van der Waals surface area (Å²) in [6.07, 6.45) is 5.28. The molecule has 1 saturated heterocycles. The second-order valence-corrected chi connectivity index (χ2v) is 7.54. The Balaban J connectivity index is 1.34. The van der Waals surface area contributed by atoms with Crippen LogP contribution < -0.4 is 5.32 Å². The first-order chi connectivity index (χ1) is 12.6. The van der Waals surface area contributed by atoms with Crippen molar-refractivity contribution in [3.63, 3.8) is 0 Å². The first-order valence-electron chi connectivity index (χ1n) is 9.10. The number of carbonyl (C=O) groups excluding carboxylic acids is 2. The van der Waals surface area contributed by atoms with Crippen molar-refractivity contribution in [2.24, 2.45) is 11.3 Å². The van der Waals surface area contributed by atoms with Crippen LogP contribution >= 0.6 is 0 Å². The van der Waals surface area contributed by atoms with Gasteiger partial charge in [-0.05, 0) is 43.5 Å². The maximum absolute atomic E-state index is 12.7. The largest absolute Gasteiger partial charge is 0.352 e. The summed E-state index contributed by atoms with van der Waals surface area (Å²) in [5, 5.41) is 3.01. The summed E-state index contributed by atoms with van der Waals surface area (Å²) < 4.78 is 0. The van der Waals surface area contributed by atoms with E-state index in [0.29, 0.717) is 13.1 Å². The SMILES string of the molecule is Cc1cccc(C(=O)N2CC[C@@]3(C[C@@H]3C(=O)NCc3cccnc3)C2)c1. The third-order valence-electron chi connectivity index (χ3n) is 5.63. The molecule has 26 heavy (non-hydrogen) atoms. The Morgan fingerprint density at radius 2 is 2.19 bits per heavy atom. The summed E-state index contributed by atoms with van der Waals surface area (Å²) in [5.41, 5.74) is 2.81. The Labute approximate surface area is 153 Å². The van der Waals surface area contributed by atoms with Crippen molar-refractivity contribution in [1.82, 2.24) is 15.2 Å². The molecule has 1 aliphatic heterocycles. The molecule has 2 amide bonds. The van der Waals surface area contributed by atoms with Gasteiger partial charge >= 0.3 is 0 Å². The fourth-order valence-electron chi connectivity index (χ4n) is 4.01. The lowest BCUT2D eigenvalue weighted by molar-refractivity contribution is -0.123. The predicted octanol–water partition coefficient (Wildman–Crippen LogP) is 2.56. The normalized spacial score (nSPS) is 23.9. The van der Waals surface area contributed by atoms with E-state index in [1.165, 1.54) is 0 Å². The number of amides is 2. The van der Waals surface area contributed by atoms with Crippen molar-refractivity contribution in [1.29, 1.82) is 0 Å². The van der Waals surface area contributed by atoms with Gasteiger partial charge in [0.05, 0.1) is 0 Å². The minimum atomic E-state index is -0.0154. The van der Waals surface area contributed by atoms with Gasteiger partial charge < -0.3 is 10.2 Å². The zero-order valence-corrected chi connectivity index (χ0v) is 14.9. The van der Waals surface area contributed by atoms with Gasteiger partial charge in [-0.1, -0.05) is 23.8 Å². The maximum Gasteiger partial charge on any atom is 0.253 e. The van der Waals surface area contributed by atoms with Crippen molar-refractivity contribution in [2.45, 2.75) is 26.3 Å². The molecule has 0 radical (unpaired) electrons. The van der Waals surface area contributed by atoms with E-state index in [0.717, 1.165) is 36.1 Å². The monoisotopic (exact) mass is 349 g/mol. The molecular weight excluding hydrogens is 326 g/mol. The topological polar surface area (TPSA) is 62.3 Å². The van der Waals surface area contributed by atoms with Gasteiger partial charge in [-0.25, -0.2) is 0 Å². The van der Waals surface area contributed by atoms with E-state index in [2.05, 4.69) is 10.3 Å². The van der Waals surface area contributed by atoms with Crippen molar-refractivity contribution in [2.75, 3.05) is 13.1 Å². The highest BCUT2D eigenvalue weighted by atomic mass is 16.2. The lowest BCUT2D eigenvalue weighted by Gasteiger charge is -2.17. The molecule has 1 aromatic heterocycles. The summed E-state index contributed by atoms with van der Waals surface area (Å²) in [6, 6.07) is 11.5. The highest BCUT2D eigenvalue weighted by molar-refractivity contribution is 5.95. The van der Waals surface area contributed by atoms with E-state index >= 15 is 0 Å². The summed E-state index contributed by atoms with van der Waals surface area (Å²) in [4.78, 5) is 31.2. The number of nitrogens with one attached hydrogen (secondary N) is 1. The van der Waals surface area contributed by atoms with E-state index in [9.17, 15) is 9.59 Å². The van der Waals surface area contributed by atoms with E-state index in [1.54, 1.807) is 12.4 Å². The number of pyridine rings is 1. The lowest BCUT2D eigenvalue weighted by atomic mass is 10.0. The Hall–Kier alpha value is -2.69. The number of rotatable bonds is 4. The average molecular weight is 349 g/mol. The Bertz CT molecular complexity index is 836. The smallest absolute Gasteiger partial charge is 0.253 e. The molecule has 1 N–H and O–H groups in total. The number of benzene rings is 1. The molecule has 2 aliphatic rings. The Kier molecular flexibility index (Phi) is 4.23. The fraction of sp³-hybridized carbons (Fsp3) is 0.381. The Morgan fingerprint density at radius 1 is 1.31 bits per heavy atom.